The van der Waals surface area contributed by atoms with Crippen LogP contribution < -0.4 is 16.2 Å². The summed E-state index contributed by atoms with van der Waals surface area (Å²) in [5, 5.41) is 0. The molecule has 2 rings (SSSR count). The van der Waals surface area contributed by atoms with Gasteiger partial charge in [-0.1, -0.05) is 42.5 Å². The Bertz CT molecular complexity index is 482. The number of ether oxygens (including phenoxy) is 1. The van der Waals surface area contributed by atoms with Crippen molar-refractivity contribution >= 4 is 0 Å². The van der Waals surface area contributed by atoms with Crippen LogP contribution in [0.4, 0.5) is 0 Å². The van der Waals surface area contributed by atoms with Gasteiger partial charge in [0.25, 0.3) is 0 Å². The number of rotatable bonds is 4. The molecule has 0 radical (unpaired) electrons. The third kappa shape index (κ3) is 2.70. The van der Waals surface area contributed by atoms with Crippen molar-refractivity contribution in [2.75, 3.05) is 7.11 Å². The molecule has 0 heterocycles. The monoisotopic (exact) mass is 242 g/mol. The minimum absolute atomic E-state index is 0.209. The molecule has 0 spiro atoms. The lowest BCUT2D eigenvalue weighted by atomic mass is 9.95. The van der Waals surface area contributed by atoms with E-state index < -0.39 is 0 Å². The van der Waals surface area contributed by atoms with Gasteiger partial charge in [0.15, 0.2) is 0 Å². The van der Waals surface area contributed by atoms with Crippen molar-refractivity contribution in [3.05, 3.63) is 65.7 Å². The van der Waals surface area contributed by atoms with E-state index in [9.17, 15) is 0 Å². The zero-order valence-electron chi connectivity index (χ0n) is 10.4. The Kier molecular flexibility index (Phi) is 3.97. The minimum atomic E-state index is -0.224. The van der Waals surface area contributed by atoms with Gasteiger partial charge in [0.1, 0.15) is 5.75 Å². The van der Waals surface area contributed by atoms with E-state index in [0.717, 1.165) is 16.9 Å². The highest BCUT2D eigenvalue weighted by Gasteiger charge is 2.16. The fourth-order valence-corrected chi connectivity index (χ4v) is 1.92. The van der Waals surface area contributed by atoms with Crippen LogP contribution in [0.1, 0.15) is 23.2 Å². The Morgan fingerprint density at radius 2 is 1.28 bits per heavy atom. The minimum Gasteiger partial charge on any atom is -0.497 e. The van der Waals surface area contributed by atoms with E-state index in [0.29, 0.717) is 0 Å². The van der Waals surface area contributed by atoms with Crippen LogP contribution in [0.2, 0.25) is 0 Å². The molecule has 2 atom stereocenters. The average molecular weight is 242 g/mol. The van der Waals surface area contributed by atoms with Gasteiger partial charge < -0.3 is 16.2 Å². The summed E-state index contributed by atoms with van der Waals surface area (Å²) in [7, 11) is 1.64. The van der Waals surface area contributed by atoms with E-state index in [1.165, 1.54) is 0 Å². The molecule has 2 aromatic carbocycles. The first-order valence-corrected chi connectivity index (χ1v) is 5.92. The van der Waals surface area contributed by atoms with E-state index >= 15 is 0 Å². The topological polar surface area (TPSA) is 61.3 Å². The fraction of sp³-hybridized carbons (Fsp3) is 0.200. The highest BCUT2D eigenvalue weighted by Crippen LogP contribution is 2.25. The molecule has 4 N–H and O–H groups in total. The maximum atomic E-state index is 6.20. The molecular formula is C15H18N2O. The summed E-state index contributed by atoms with van der Waals surface area (Å²) < 4.78 is 5.12. The van der Waals surface area contributed by atoms with Crippen LogP contribution >= 0.6 is 0 Å². The van der Waals surface area contributed by atoms with Crippen LogP contribution in [0.3, 0.4) is 0 Å². The van der Waals surface area contributed by atoms with Crippen molar-refractivity contribution in [3.63, 3.8) is 0 Å². The number of hydrogen-bond acceptors (Lipinski definition) is 3. The van der Waals surface area contributed by atoms with Crippen LogP contribution in [-0.4, -0.2) is 7.11 Å². The molecule has 18 heavy (non-hydrogen) atoms. The number of hydrogen-bond donors (Lipinski definition) is 2. The molecule has 0 aromatic heterocycles. The predicted molar refractivity (Wildman–Crippen MR) is 73.3 cm³/mol. The zero-order valence-corrected chi connectivity index (χ0v) is 10.4. The first-order valence-electron chi connectivity index (χ1n) is 5.92. The molecule has 0 aliphatic heterocycles. The Labute approximate surface area is 107 Å². The molecule has 0 saturated heterocycles. The Morgan fingerprint density at radius 3 is 1.78 bits per heavy atom. The van der Waals surface area contributed by atoms with E-state index in [-0.39, 0.29) is 12.1 Å². The molecular weight excluding hydrogens is 224 g/mol. The number of nitrogens with two attached hydrogens (primary N) is 2. The van der Waals surface area contributed by atoms with Gasteiger partial charge in [-0.3, -0.25) is 0 Å². The first kappa shape index (κ1) is 12.6. The Morgan fingerprint density at radius 1 is 0.778 bits per heavy atom. The van der Waals surface area contributed by atoms with Gasteiger partial charge in [-0.2, -0.15) is 0 Å². The van der Waals surface area contributed by atoms with Crippen LogP contribution in [0.5, 0.6) is 5.75 Å². The van der Waals surface area contributed by atoms with Crippen molar-refractivity contribution in [2.24, 2.45) is 11.5 Å². The maximum Gasteiger partial charge on any atom is 0.118 e. The van der Waals surface area contributed by atoms with Gasteiger partial charge in [-0.05, 0) is 23.3 Å². The van der Waals surface area contributed by atoms with Gasteiger partial charge in [-0.25, -0.2) is 0 Å². The first-order chi connectivity index (χ1) is 8.72. The molecule has 0 aliphatic rings. The summed E-state index contributed by atoms with van der Waals surface area (Å²) in [6.07, 6.45) is 0. The summed E-state index contributed by atoms with van der Waals surface area (Å²) in [6, 6.07) is 17.2. The summed E-state index contributed by atoms with van der Waals surface area (Å²) in [6.45, 7) is 0. The lowest BCUT2D eigenvalue weighted by molar-refractivity contribution is 0.414. The second-order valence-electron chi connectivity index (χ2n) is 4.24. The Balaban J connectivity index is 2.17. The summed E-state index contributed by atoms with van der Waals surface area (Å²) in [4.78, 5) is 0. The zero-order chi connectivity index (χ0) is 13.0. The van der Waals surface area contributed by atoms with Crippen LogP contribution in [0, 0.1) is 0 Å². The molecule has 0 bridgehead atoms. The molecule has 2 aromatic rings. The molecule has 3 nitrogen and oxygen atoms in total. The number of benzene rings is 2. The second kappa shape index (κ2) is 5.67. The van der Waals surface area contributed by atoms with E-state index in [4.69, 9.17) is 16.2 Å². The molecule has 0 amide bonds. The van der Waals surface area contributed by atoms with E-state index in [1.54, 1.807) is 7.11 Å². The summed E-state index contributed by atoms with van der Waals surface area (Å²) in [5.41, 5.74) is 14.4. The van der Waals surface area contributed by atoms with Crippen molar-refractivity contribution in [1.82, 2.24) is 0 Å². The highest BCUT2D eigenvalue weighted by molar-refractivity contribution is 5.31. The largest absolute Gasteiger partial charge is 0.497 e. The highest BCUT2D eigenvalue weighted by atomic mass is 16.5. The lowest BCUT2D eigenvalue weighted by Gasteiger charge is -2.20. The normalized spacial score (nSPS) is 13.9. The van der Waals surface area contributed by atoms with Gasteiger partial charge in [-0.15, -0.1) is 0 Å². The molecule has 94 valence electrons. The van der Waals surface area contributed by atoms with Crippen molar-refractivity contribution in [1.29, 1.82) is 0 Å². The fourth-order valence-electron chi connectivity index (χ4n) is 1.92. The van der Waals surface area contributed by atoms with E-state index in [1.807, 2.05) is 54.6 Å². The van der Waals surface area contributed by atoms with Gasteiger partial charge in [0, 0.05) is 12.1 Å². The third-order valence-electron chi connectivity index (χ3n) is 3.07. The maximum absolute atomic E-state index is 6.20. The van der Waals surface area contributed by atoms with Gasteiger partial charge in [0.2, 0.25) is 0 Å². The predicted octanol–water partition coefficient (Wildman–Crippen LogP) is 2.40. The van der Waals surface area contributed by atoms with E-state index in [2.05, 4.69) is 0 Å². The third-order valence-corrected chi connectivity index (χ3v) is 3.07. The molecule has 0 aliphatic carbocycles. The second-order valence-corrected chi connectivity index (χ2v) is 4.24. The SMILES string of the molecule is COc1ccc(C(N)C(N)c2ccccc2)cc1. The van der Waals surface area contributed by atoms with Gasteiger partial charge in [0.05, 0.1) is 7.11 Å². The smallest absolute Gasteiger partial charge is 0.118 e. The van der Waals surface area contributed by atoms with Gasteiger partial charge >= 0.3 is 0 Å². The van der Waals surface area contributed by atoms with Crippen LogP contribution in [-0.2, 0) is 0 Å². The molecule has 0 fully saturated rings. The van der Waals surface area contributed by atoms with Crippen molar-refractivity contribution < 1.29 is 4.74 Å². The molecule has 3 heteroatoms. The Hall–Kier alpha value is -1.84. The summed E-state index contributed by atoms with van der Waals surface area (Å²) >= 11 is 0. The molecule has 0 saturated carbocycles. The van der Waals surface area contributed by atoms with Crippen LogP contribution in [0.25, 0.3) is 0 Å². The van der Waals surface area contributed by atoms with Crippen LogP contribution in [0.15, 0.2) is 54.6 Å². The molecule has 2 unspecified atom stereocenters. The van der Waals surface area contributed by atoms with Crippen molar-refractivity contribution in [3.8, 4) is 5.75 Å². The standard InChI is InChI=1S/C15H18N2O/c1-18-13-9-7-12(8-10-13)15(17)14(16)11-5-3-2-4-6-11/h2-10,14-15H,16-17H2,1H3. The number of methoxy groups -OCH3 is 1. The van der Waals surface area contributed by atoms with Crippen molar-refractivity contribution in [2.45, 2.75) is 12.1 Å². The lowest BCUT2D eigenvalue weighted by Crippen LogP contribution is -2.26. The quantitative estimate of drug-likeness (QED) is 0.865. The average Bonchev–Trinajstić information content (AvgIpc) is 2.47. The summed E-state index contributed by atoms with van der Waals surface area (Å²) in [5.74, 6) is 0.819.